The predicted molar refractivity (Wildman–Crippen MR) is 135 cm³/mol. The van der Waals surface area contributed by atoms with Crippen LogP contribution in [0.2, 0.25) is 6.04 Å². The number of alkyl halides is 1. The molecule has 0 radical (unpaired) electrons. The van der Waals surface area contributed by atoms with Crippen LogP contribution in [-0.4, -0.2) is 34.5 Å². The molecule has 0 bridgehead atoms. The molecule has 0 aliphatic heterocycles. The van der Waals surface area contributed by atoms with E-state index in [9.17, 15) is 0 Å². The Balaban J connectivity index is 3.41. The van der Waals surface area contributed by atoms with Gasteiger partial charge >= 0.3 is 8.80 Å². The highest BCUT2D eigenvalue weighted by Gasteiger charge is 2.39. The second kappa shape index (κ2) is 24.0. The van der Waals surface area contributed by atoms with Crippen molar-refractivity contribution in [2.45, 2.75) is 136 Å². The summed E-state index contributed by atoms with van der Waals surface area (Å²) in [6, 6.07) is 0.968. The molecule has 0 unspecified atom stereocenters. The van der Waals surface area contributed by atoms with E-state index in [1.165, 1.54) is 109 Å². The van der Waals surface area contributed by atoms with Gasteiger partial charge in [0, 0.05) is 31.7 Å². The van der Waals surface area contributed by atoms with Crippen LogP contribution in [0, 0.1) is 0 Å². The molecule has 0 saturated carbocycles. The van der Waals surface area contributed by atoms with Crippen LogP contribution >= 0.6 is 11.6 Å². The largest absolute Gasteiger partial charge is 0.500 e. The van der Waals surface area contributed by atoms with Gasteiger partial charge in [-0.1, -0.05) is 96.3 Å². The number of hydrogen-bond acceptors (Lipinski definition) is 3. The van der Waals surface area contributed by atoms with Crippen LogP contribution in [0.25, 0.3) is 0 Å². The molecule has 0 aliphatic carbocycles. The summed E-state index contributed by atoms with van der Waals surface area (Å²) >= 11 is 5.71. The highest BCUT2D eigenvalue weighted by molar-refractivity contribution is 6.60. The van der Waals surface area contributed by atoms with Gasteiger partial charge in [-0.15, -0.1) is 11.6 Å². The number of halogens is 1. The third-order valence-electron chi connectivity index (χ3n) is 5.71. The van der Waals surface area contributed by atoms with Crippen molar-refractivity contribution in [3.05, 3.63) is 0 Å². The van der Waals surface area contributed by atoms with Crippen molar-refractivity contribution >= 4 is 20.4 Å². The van der Waals surface area contributed by atoms with Gasteiger partial charge in [-0.3, -0.25) is 0 Å². The van der Waals surface area contributed by atoms with Crippen LogP contribution in [0.1, 0.15) is 130 Å². The molecule has 5 heteroatoms. The first-order chi connectivity index (χ1) is 14.7. The summed E-state index contributed by atoms with van der Waals surface area (Å²) in [4.78, 5) is 0. The molecule has 0 aliphatic rings. The van der Waals surface area contributed by atoms with E-state index in [0.29, 0.717) is 19.8 Å². The Bertz CT molecular complexity index is 314. The van der Waals surface area contributed by atoms with Crippen LogP contribution in [0.3, 0.4) is 0 Å². The van der Waals surface area contributed by atoms with E-state index in [1.54, 1.807) is 0 Å². The number of hydrogen-bond donors (Lipinski definition) is 0. The molecule has 0 spiro atoms. The molecule has 3 nitrogen and oxygen atoms in total. The van der Waals surface area contributed by atoms with E-state index < -0.39 is 8.80 Å². The van der Waals surface area contributed by atoms with Crippen molar-refractivity contribution < 1.29 is 13.3 Å². The molecule has 30 heavy (non-hydrogen) atoms. The summed E-state index contributed by atoms with van der Waals surface area (Å²) in [5, 5.41) is 0. The third-order valence-corrected chi connectivity index (χ3v) is 9.13. The van der Waals surface area contributed by atoms with Crippen molar-refractivity contribution in [1.82, 2.24) is 0 Å². The molecule has 0 amide bonds. The van der Waals surface area contributed by atoms with E-state index >= 15 is 0 Å². The zero-order chi connectivity index (χ0) is 22.2. The molecule has 0 heterocycles. The average Bonchev–Trinajstić information content (AvgIpc) is 2.73. The first-order valence-electron chi connectivity index (χ1n) is 13.2. The van der Waals surface area contributed by atoms with Crippen LogP contribution < -0.4 is 0 Å². The summed E-state index contributed by atoms with van der Waals surface area (Å²) in [7, 11) is -2.41. The fourth-order valence-corrected chi connectivity index (χ4v) is 6.96. The summed E-state index contributed by atoms with van der Waals surface area (Å²) in [5.74, 6) is 0.833. The van der Waals surface area contributed by atoms with Crippen LogP contribution in [-0.2, 0) is 13.3 Å². The van der Waals surface area contributed by atoms with E-state index in [-0.39, 0.29) is 0 Å². The highest BCUT2D eigenvalue weighted by Crippen LogP contribution is 2.21. The first-order valence-corrected chi connectivity index (χ1v) is 15.7. The maximum absolute atomic E-state index is 5.93. The summed E-state index contributed by atoms with van der Waals surface area (Å²) in [6.07, 6.45) is 23.3. The van der Waals surface area contributed by atoms with Gasteiger partial charge in [0.1, 0.15) is 0 Å². The lowest BCUT2D eigenvalue weighted by Crippen LogP contribution is -2.45. The summed E-state index contributed by atoms with van der Waals surface area (Å²) in [5.41, 5.74) is 0. The molecule has 0 atom stereocenters. The van der Waals surface area contributed by atoms with Gasteiger partial charge in [-0.2, -0.15) is 0 Å². The van der Waals surface area contributed by atoms with Crippen molar-refractivity contribution in [3.8, 4) is 0 Å². The normalized spacial score (nSPS) is 12.0. The zero-order valence-corrected chi connectivity index (χ0v) is 22.4. The predicted octanol–water partition coefficient (Wildman–Crippen LogP) is 8.91. The maximum atomic E-state index is 5.93. The number of rotatable bonds is 25. The van der Waals surface area contributed by atoms with Gasteiger partial charge < -0.3 is 13.3 Å². The molecular formula is C25H53ClO3Si. The highest BCUT2D eigenvalue weighted by atomic mass is 35.5. The third kappa shape index (κ3) is 19.1. The molecular weight excluding hydrogens is 412 g/mol. The monoisotopic (exact) mass is 464 g/mol. The minimum atomic E-state index is -2.41. The Morgan fingerprint density at radius 2 is 0.700 bits per heavy atom. The quantitative estimate of drug-likeness (QED) is 0.0766. The molecule has 0 rings (SSSR count). The molecule has 182 valence electrons. The van der Waals surface area contributed by atoms with Gasteiger partial charge in [-0.05, 0) is 33.6 Å². The summed E-state index contributed by atoms with van der Waals surface area (Å²) in [6.45, 7) is 8.15. The topological polar surface area (TPSA) is 27.7 Å². The molecule has 0 fully saturated rings. The van der Waals surface area contributed by atoms with Crippen molar-refractivity contribution in [2.75, 3.05) is 25.7 Å². The Hall–Kier alpha value is 0.387. The second-order valence-corrected chi connectivity index (χ2v) is 11.5. The van der Waals surface area contributed by atoms with Crippen molar-refractivity contribution in [2.24, 2.45) is 0 Å². The van der Waals surface area contributed by atoms with E-state index in [2.05, 4.69) is 0 Å². The molecule has 0 aromatic heterocycles. The van der Waals surface area contributed by atoms with E-state index in [4.69, 9.17) is 24.9 Å². The Kier molecular flexibility index (Phi) is 24.3. The average molecular weight is 465 g/mol. The van der Waals surface area contributed by atoms with E-state index in [0.717, 1.165) is 11.9 Å². The lowest BCUT2D eigenvalue weighted by atomic mass is 10.0. The molecule has 0 saturated heterocycles. The Morgan fingerprint density at radius 1 is 0.433 bits per heavy atom. The van der Waals surface area contributed by atoms with Gasteiger partial charge in [0.15, 0.2) is 0 Å². The first kappa shape index (κ1) is 30.4. The molecule has 0 N–H and O–H groups in total. The molecule has 0 aromatic carbocycles. The Labute approximate surface area is 195 Å². The number of unbranched alkanes of at least 4 members (excludes halogenated alkanes) is 16. The van der Waals surface area contributed by atoms with Crippen LogP contribution in [0.4, 0.5) is 0 Å². The smallest absolute Gasteiger partial charge is 0.374 e. The van der Waals surface area contributed by atoms with Gasteiger partial charge in [0.2, 0.25) is 0 Å². The molecule has 0 aromatic rings. The van der Waals surface area contributed by atoms with Crippen molar-refractivity contribution in [1.29, 1.82) is 0 Å². The second-order valence-electron chi connectivity index (χ2n) is 8.43. The van der Waals surface area contributed by atoms with Gasteiger partial charge in [0.05, 0.1) is 0 Å². The zero-order valence-electron chi connectivity index (χ0n) is 20.7. The summed E-state index contributed by atoms with van der Waals surface area (Å²) < 4.78 is 17.8. The van der Waals surface area contributed by atoms with Gasteiger partial charge in [-0.25, -0.2) is 0 Å². The fraction of sp³-hybridized carbons (Fsp3) is 1.00. The van der Waals surface area contributed by atoms with Crippen molar-refractivity contribution in [3.63, 3.8) is 0 Å². The SMILES string of the molecule is CCO[Si](CCCCCCCCCCCCCCCCCCCCl)(OCC)OCC. The van der Waals surface area contributed by atoms with E-state index in [1.807, 2.05) is 20.8 Å². The standard InChI is InChI=1S/C25H53ClO3Si/c1-4-27-30(28-5-2,29-6-3)25-23-21-19-17-15-13-11-9-7-8-10-12-14-16-18-20-22-24-26/h4-25H2,1-3H3. The lowest BCUT2D eigenvalue weighted by Gasteiger charge is -2.28. The minimum absolute atomic E-state index is 0.682. The Morgan fingerprint density at radius 3 is 0.967 bits per heavy atom. The minimum Gasteiger partial charge on any atom is -0.374 e. The lowest BCUT2D eigenvalue weighted by molar-refractivity contribution is 0.0706. The van der Waals surface area contributed by atoms with Gasteiger partial charge in [0.25, 0.3) is 0 Å². The van der Waals surface area contributed by atoms with Crippen LogP contribution in [0.5, 0.6) is 0 Å². The van der Waals surface area contributed by atoms with Crippen LogP contribution in [0.15, 0.2) is 0 Å². The maximum Gasteiger partial charge on any atom is 0.500 e. The fourth-order valence-electron chi connectivity index (χ4n) is 4.09.